The van der Waals surface area contributed by atoms with Gasteiger partial charge >= 0.3 is 0 Å². The zero-order valence-electron chi connectivity index (χ0n) is 9.73. The van der Waals surface area contributed by atoms with Gasteiger partial charge in [0.15, 0.2) is 0 Å². The molecule has 0 saturated carbocycles. The largest absolute Gasteiger partial charge is 0.313 e. The Morgan fingerprint density at radius 3 is 3.06 bits per heavy atom. The number of nitrogens with one attached hydrogen (secondary N) is 1. The molecule has 0 unspecified atom stereocenters. The first-order valence-electron chi connectivity index (χ1n) is 5.60. The first kappa shape index (κ1) is 12.1. The molecule has 17 heavy (non-hydrogen) atoms. The number of nitrogens with zero attached hydrogens (tertiary/aromatic N) is 3. The standard InChI is InChI=1S/C12H15ClN4/c1-2-14-5-10-6-16-17(8-10)9-11-3-4-15-7-12(11)13/h3-4,6-8,14H,2,5,9H2,1H3. The van der Waals surface area contributed by atoms with Crippen LogP contribution in [0.4, 0.5) is 0 Å². The summed E-state index contributed by atoms with van der Waals surface area (Å²) in [5.41, 5.74) is 2.21. The van der Waals surface area contributed by atoms with Crippen LogP contribution in [0, 0.1) is 0 Å². The normalized spacial score (nSPS) is 10.7. The van der Waals surface area contributed by atoms with Crippen molar-refractivity contribution >= 4 is 11.6 Å². The van der Waals surface area contributed by atoms with E-state index in [1.54, 1.807) is 12.4 Å². The number of hydrogen-bond donors (Lipinski definition) is 1. The highest BCUT2D eigenvalue weighted by Gasteiger charge is 2.02. The summed E-state index contributed by atoms with van der Waals surface area (Å²) in [6.45, 7) is 4.57. The Balaban J connectivity index is 2.04. The van der Waals surface area contributed by atoms with E-state index in [1.807, 2.05) is 23.1 Å². The predicted molar refractivity (Wildman–Crippen MR) is 68.0 cm³/mol. The van der Waals surface area contributed by atoms with E-state index >= 15 is 0 Å². The molecule has 1 N–H and O–H groups in total. The zero-order chi connectivity index (χ0) is 12.1. The van der Waals surface area contributed by atoms with Crippen molar-refractivity contribution in [3.8, 4) is 0 Å². The van der Waals surface area contributed by atoms with Gasteiger partial charge < -0.3 is 5.32 Å². The molecule has 0 amide bonds. The maximum atomic E-state index is 6.05. The third-order valence-electron chi connectivity index (χ3n) is 2.45. The number of pyridine rings is 1. The number of halogens is 1. The van der Waals surface area contributed by atoms with Gasteiger partial charge in [-0.15, -0.1) is 0 Å². The molecule has 90 valence electrons. The number of aromatic nitrogens is 3. The smallest absolute Gasteiger partial charge is 0.0675 e. The fourth-order valence-corrected chi connectivity index (χ4v) is 1.74. The summed E-state index contributed by atoms with van der Waals surface area (Å²) in [5, 5.41) is 8.24. The van der Waals surface area contributed by atoms with Crippen molar-refractivity contribution in [3.05, 3.63) is 47.0 Å². The molecule has 0 saturated heterocycles. The molecule has 2 aromatic rings. The van der Waals surface area contributed by atoms with Gasteiger partial charge in [0.05, 0.1) is 17.8 Å². The maximum Gasteiger partial charge on any atom is 0.0675 e. The van der Waals surface area contributed by atoms with Gasteiger partial charge in [-0.1, -0.05) is 18.5 Å². The van der Waals surface area contributed by atoms with Gasteiger partial charge in [-0.3, -0.25) is 9.67 Å². The second-order valence-electron chi connectivity index (χ2n) is 3.79. The van der Waals surface area contributed by atoms with Gasteiger partial charge in [0, 0.05) is 30.7 Å². The van der Waals surface area contributed by atoms with Crippen LogP contribution in [-0.2, 0) is 13.1 Å². The van der Waals surface area contributed by atoms with E-state index in [-0.39, 0.29) is 0 Å². The van der Waals surface area contributed by atoms with E-state index in [2.05, 4.69) is 22.3 Å². The first-order chi connectivity index (χ1) is 8.29. The molecule has 0 aromatic carbocycles. The minimum Gasteiger partial charge on any atom is -0.313 e. The fourth-order valence-electron chi connectivity index (χ4n) is 1.56. The van der Waals surface area contributed by atoms with Gasteiger partial charge in [0.1, 0.15) is 0 Å². The Kier molecular flexibility index (Phi) is 4.12. The van der Waals surface area contributed by atoms with Crippen LogP contribution in [0.5, 0.6) is 0 Å². The van der Waals surface area contributed by atoms with Crippen LogP contribution >= 0.6 is 11.6 Å². The molecule has 0 aliphatic rings. The van der Waals surface area contributed by atoms with Crippen molar-refractivity contribution in [2.45, 2.75) is 20.0 Å². The zero-order valence-corrected chi connectivity index (χ0v) is 10.5. The van der Waals surface area contributed by atoms with Crippen molar-refractivity contribution < 1.29 is 0 Å². The van der Waals surface area contributed by atoms with Crippen molar-refractivity contribution in [3.63, 3.8) is 0 Å². The number of rotatable bonds is 5. The molecule has 0 fully saturated rings. The summed E-state index contributed by atoms with van der Waals surface area (Å²) in [6.07, 6.45) is 7.29. The van der Waals surface area contributed by atoms with E-state index in [9.17, 15) is 0 Å². The van der Waals surface area contributed by atoms with Crippen LogP contribution < -0.4 is 5.32 Å². The highest BCUT2D eigenvalue weighted by molar-refractivity contribution is 6.31. The Bertz CT molecular complexity index is 481. The maximum absolute atomic E-state index is 6.05. The van der Waals surface area contributed by atoms with Crippen LogP contribution in [-0.4, -0.2) is 21.3 Å². The summed E-state index contributed by atoms with van der Waals surface area (Å²) in [6, 6.07) is 1.91. The molecular weight excluding hydrogens is 236 g/mol. The Morgan fingerprint density at radius 1 is 1.41 bits per heavy atom. The average molecular weight is 251 g/mol. The van der Waals surface area contributed by atoms with Crippen LogP contribution in [0.15, 0.2) is 30.9 Å². The lowest BCUT2D eigenvalue weighted by atomic mass is 10.3. The van der Waals surface area contributed by atoms with Crippen molar-refractivity contribution in [2.24, 2.45) is 0 Å². The van der Waals surface area contributed by atoms with Gasteiger partial charge in [-0.05, 0) is 18.2 Å². The summed E-state index contributed by atoms with van der Waals surface area (Å²) in [7, 11) is 0. The second-order valence-corrected chi connectivity index (χ2v) is 4.20. The molecule has 2 rings (SSSR count). The van der Waals surface area contributed by atoms with Crippen molar-refractivity contribution in [2.75, 3.05) is 6.54 Å². The van der Waals surface area contributed by atoms with E-state index in [0.29, 0.717) is 11.6 Å². The topological polar surface area (TPSA) is 42.7 Å². The molecule has 0 spiro atoms. The molecule has 2 aromatic heterocycles. The minimum absolute atomic E-state index is 0.674. The highest BCUT2D eigenvalue weighted by atomic mass is 35.5. The fraction of sp³-hybridized carbons (Fsp3) is 0.333. The molecule has 0 aliphatic heterocycles. The molecule has 4 nitrogen and oxygen atoms in total. The van der Waals surface area contributed by atoms with Gasteiger partial charge in [0.25, 0.3) is 0 Å². The molecule has 0 atom stereocenters. The summed E-state index contributed by atoms with van der Waals surface area (Å²) in [4.78, 5) is 3.96. The molecule has 2 heterocycles. The molecular formula is C12H15ClN4. The third kappa shape index (κ3) is 3.28. The SMILES string of the molecule is CCNCc1cnn(Cc2ccncc2Cl)c1. The van der Waals surface area contributed by atoms with Crippen LogP contribution in [0.1, 0.15) is 18.1 Å². The van der Waals surface area contributed by atoms with Gasteiger partial charge in [-0.2, -0.15) is 5.10 Å². The monoisotopic (exact) mass is 250 g/mol. The lowest BCUT2D eigenvalue weighted by Crippen LogP contribution is -2.11. The van der Waals surface area contributed by atoms with Gasteiger partial charge in [0.2, 0.25) is 0 Å². The Hall–Kier alpha value is -1.39. The molecule has 5 heteroatoms. The second kappa shape index (κ2) is 5.80. The lowest BCUT2D eigenvalue weighted by Gasteiger charge is -2.03. The van der Waals surface area contributed by atoms with Crippen LogP contribution in [0.2, 0.25) is 5.02 Å². The first-order valence-corrected chi connectivity index (χ1v) is 5.98. The average Bonchev–Trinajstić information content (AvgIpc) is 2.77. The summed E-state index contributed by atoms with van der Waals surface area (Å²) >= 11 is 6.05. The van der Waals surface area contributed by atoms with Crippen LogP contribution in [0.25, 0.3) is 0 Å². The highest BCUT2D eigenvalue weighted by Crippen LogP contribution is 2.14. The number of hydrogen-bond acceptors (Lipinski definition) is 3. The quantitative estimate of drug-likeness (QED) is 0.884. The minimum atomic E-state index is 0.674. The molecule has 0 bridgehead atoms. The lowest BCUT2D eigenvalue weighted by molar-refractivity contribution is 0.682. The van der Waals surface area contributed by atoms with Crippen molar-refractivity contribution in [1.29, 1.82) is 0 Å². The van der Waals surface area contributed by atoms with E-state index in [0.717, 1.165) is 18.7 Å². The Morgan fingerprint density at radius 2 is 2.29 bits per heavy atom. The van der Waals surface area contributed by atoms with E-state index in [4.69, 9.17) is 11.6 Å². The molecule has 0 aliphatic carbocycles. The van der Waals surface area contributed by atoms with Crippen LogP contribution in [0.3, 0.4) is 0 Å². The third-order valence-corrected chi connectivity index (χ3v) is 2.79. The van der Waals surface area contributed by atoms with Crippen molar-refractivity contribution in [1.82, 2.24) is 20.1 Å². The predicted octanol–water partition coefficient (Wildman–Crippen LogP) is 2.09. The van der Waals surface area contributed by atoms with E-state index < -0.39 is 0 Å². The Labute approximate surface area is 106 Å². The molecule has 0 radical (unpaired) electrons. The summed E-state index contributed by atoms with van der Waals surface area (Å²) in [5.74, 6) is 0. The van der Waals surface area contributed by atoms with E-state index in [1.165, 1.54) is 5.56 Å². The van der Waals surface area contributed by atoms with Gasteiger partial charge in [-0.25, -0.2) is 0 Å². The summed E-state index contributed by atoms with van der Waals surface area (Å²) < 4.78 is 1.88.